The van der Waals surface area contributed by atoms with Crippen molar-refractivity contribution in [1.82, 2.24) is 0 Å². The molecule has 0 N–H and O–H groups in total. The molecule has 0 rings (SSSR count). The van der Waals surface area contributed by atoms with E-state index in [-0.39, 0.29) is 13.0 Å². The first-order valence-corrected chi connectivity index (χ1v) is 3.46. The van der Waals surface area contributed by atoms with Gasteiger partial charge in [0.1, 0.15) is 0 Å². The molecule has 0 aliphatic heterocycles. The summed E-state index contributed by atoms with van der Waals surface area (Å²) in [5.74, 6) is -0.495. The molecule has 10 heavy (non-hydrogen) atoms. The lowest BCUT2D eigenvalue weighted by Gasteiger charge is -2.03. The van der Waals surface area contributed by atoms with E-state index in [0.717, 1.165) is 0 Å². The van der Waals surface area contributed by atoms with Crippen molar-refractivity contribution < 1.29 is 22.5 Å². The van der Waals surface area contributed by atoms with Gasteiger partial charge in [0, 0.05) is 0 Å². The van der Waals surface area contributed by atoms with E-state index in [0.29, 0.717) is 0 Å². The van der Waals surface area contributed by atoms with Gasteiger partial charge in [-0.1, -0.05) is 0 Å². The van der Waals surface area contributed by atoms with Gasteiger partial charge < -0.3 is 13.5 Å². The van der Waals surface area contributed by atoms with Crippen LogP contribution in [0.15, 0.2) is 0 Å². The zero-order valence-corrected chi connectivity index (χ0v) is 6.18. The summed E-state index contributed by atoms with van der Waals surface area (Å²) in [6.07, 6.45) is -0.0511. The second-order valence-electron chi connectivity index (χ2n) is 1.35. The molecule has 0 aromatic heterocycles. The van der Waals surface area contributed by atoms with Gasteiger partial charge in [0.05, 0.1) is 31.5 Å². The standard InChI is InChI=1S/C4H8O5S/c1-8-4(5)2-3-9-10(6)7/h2-3H2,1H3,(H,6,7)/p-1. The number of ether oxygens (including phenoxy) is 1. The van der Waals surface area contributed by atoms with Crippen LogP contribution in [0.4, 0.5) is 0 Å². The maximum Gasteiger partial charge on any atom is 0.307 e. The van der Waals surface area contributed by atoms with Crippen molar-refractivity contribution in [1.29, 1.82) is 0 Å². The number of carbonyl (C=O) groups is 1. The van der Waals surface area contributed by atoms with Crippen LogP contribution in [0.5, 0.6) is 0 Å². The van der Waals surface area contributed by atoms with Crippen molar-refractivity contribution in [2.75, 3.05) is 13.7 Å². The highest BCUT2D eigenvalue weighted by Crippen LogP contribution is 1.86. The Morgan fingerprint density at radius 1 is 1.70 bits per heavy atom. The summed E-state index contributed by atoms with van der Waals surface area (Å²) in [4.78, 5) is 10.3. The fourth-order valence-corrected chi connectivity index (χ4v) is 0.515. The van der Waals surface area contributed by atoms with E-state index in [4.69, 9.17) is 0 Å². The molecule has 0 spiro atoms. The van der Waals surface area contributed by atoms with Gasteiger partial charge in [0.2, 0.25) is 0 Å². The van der Waals surface area contributed by atoms with E-state index in [1.165, 1.54) is 7.11 Å². The van der Waals surface area contributed by atoms with Crippen molar-refractivity contribution in [3.05, 3.63) is 0 Å². The van der Waals surface area contributed by atoms with Crippen LogP contribution < -0.4 is 0 Å². The molecule has 0 amide bonds. The van der Waals surface area contributed by atoms with Crippen LogP contribution in [-0.4, -0.2) is 28.4 Å². The molecule has 0 aromatic rings. The molecule has 1 unspecified atom stereocenters. The number of rotatable bonds is 4. The van der Waals surface area contributed by atoms with Gasteiger partial charge in [-0.2, -0.15) is 0 Å². The average Bonchev–Trinajstić information content (AvgIpc) is 1.87. The summed E-state index contributed by atoms with van der Waals surface area (Å²) in [6, 6.07) is 0. The molecule has 0 heterocycles. The van der Waals surface area contributed by atoms with Crippen molar-refractivity contribution >= 4 is 17.3 Å². The van der Waals surface area contributed by atoms with Gasteiger partial charge in [-0.25, -0.2) is 4.21 Å². The van der Waals surface area contributed by atoms with Crippen LogP contribution in [0.1, 0.15) is 6.42 Å². The van der Waals surface area contributed by atoms with Gasteiger partial charge in [-0.05, 0) is 0 Å². The molecule has 0 saturated heterocycles. The Hall–Kier alpha value is -0.460. The number of hydrogen-bond donors (Lipinski definition) is 0. The van der Waals surface area contributed by atoms with Crippen molar-refractivity contribution in [3.8, 4) is 0 Å². The first kappa shape index (κ1) is 9.54. The second-order valence-corrected chi connectivity index (χ2v) is 2.00. The number of methoxy groups -OCH3 is 1. The van der Waals surface area contributed by atoms with Crippen molar-refractivity contribution in [2.45, 2.75) is 6.42 Å². The summed E-state index contributed by atoms with van der Waals surface area (Å²) in [5.41, 5.74) is 0. The van der Waals surface area contributed by atoms with Gasteiger partial charge in [0.25, 0.3) is 0 Å². The largest absolute Gasteiger partial charge is 0.750 e. The Kier molecular flexibility index (Phi) is 5.09. The van der Waals surface area contributed by atoms with Gasteiger partial charge >= 0.3 is 5.97 Å². The third kappa shape index (κ3) is 5.67. The van der Waals surface area contributed by atoms with Crippen LogP contribution in [0, 0.1) is 0 Å². The zero-order valence-electron chi connectivity index (χ0n) is 5.36. The third-order valence-electron chi connectivity index (χ3n) is 0.713. The van der Waals surface area contributed by atoms with E-state index < -0.39 is 17.3 Å². The van der Waals surface area contributed by atoms with Crippen LogP contribution in [0.25, 0.3) is 0 Å². The number of esters is 1. The minimum atomic E-state index is -2.54. The molecule has 6 heteroatoms. The first-order valence-electron chi connectivity index (χ1n) is 2.46. The molecule has 0 saturated carbocycles. The zero-order chi connectivity index (χ0) is 7.98. The van der Waals surface area contributed by atoms with Crippen LogP contribution in [0.2, 0.25) is 0 Å². The fourth-order valence-electron chi connectivity index (χ4n) is 0.295. The molecule has 0 aromatic carbocycles. The lowest BCUT2D eigenvalue weighted by atomic mass is 10.5. The summed E-state index contributed by atoms with van der Waals surface area (Å²) < 4.78 is 27.6. The molecule has 5 nitrogen and oxygen atoms in total. The predicted molar refractivity (Wildman–Crippen MR) is 31.5 cm³/mol. The highest BCUT2D eigenvalue weighted by atomic mass is 32.2. The molecule has 0 bridgehead atoms. The van der Waals surface area contributed by atoms with Crippen LogP contribution in [-0.2, 0) is 25.1 Å². The summed E-state index contributed by atoms with van der Waals surface area (Å²) in [7, 11) is 1.22. The van der Waals surface area contributed by atoms with E-state index >= 15 is 0 Å². The van der Waals surface area contributed by atoms with E-state index in [9.17, 15) is 13.6 Å². The minimum absolute atomic E-state index is 0.0511. The molecule has 0 aliphatic rings. The number of carbonyl (C=O) groups excluding carboxylic acids is 1. The van der Waals surface area contributed by atoms with E-state index in [2.05, 4.69) is 8.92 Å². The Balaban J connectivity index is 3.20. The Bertz CT molecular complexity index is 134. The Morgan fingerprint density at radius 3 is 2.70 bits per heavy atom. The molecule has 60 valence electrons. The van der Waals surface area contributed by atoms with E-state index in [1.54, 1.807) is 0 Å². The van der Waals surface area contributed by atoms with Gasteiger partial charge in [0.15, 0.2) is 0 Å². The predicted octanol–water partition coefficient (Wildman–Crippen LogP) is -0.640. The molecule has 0 fully saturated rings. The van der Waals surface area contributed by atoms with Crippen molar-refractivity contribution in [2.24, 2.45) is 0 Å². The smallest absolute Gasteiger partial charge is 0.307 e. The van der Waals surface area contributed by atoms with Crippen LogP contribution in [0.3, 0.4) is 0 Å². The molecule has 0 radical (unpaired) electrons. The van der Waals surface area contributed by atoms with E-state index in [1.807, 2.05) is 0 Å². The molecular formula is C4H7O5S-. The normalized spacial score (nSPS) is 12.6. The summed E-state index contributed by atoms with van der Waals surface area (Å²) in [6.45, 7) is -0.164. The first-order chi connectivity index (χ1) is 4.66. The summed E-state index contributed by atoms with van der Waals surface area (Å²) >= 11 is -2.54. The summed E-state index contributed by atoms with van der Waals surface area (Å²) in [5, 5.41) is 0. The third-order valence-corrected chi connectivity index (χ3v) is 1.07. The number of hydrogen-bond acceptors (Lipinski definition) is 5. The monoisotopic (exact) mass is 167 g/mol. The highest BCUT2D eigenvalue weighted by molar-refractivity contribution is 7.74. The maximum atomic E-state index is 10.3. The van der Waals surface area contributed by atoms with Crippen LogP contribution >= 0.6 is 0 Å². The molecular weight excluding hydrogens is 160 g/mol. The topological polar surface area (TPSA) is 75.7 Å². The second kappa shape index (κ2) is 5.33. The van der Waals surface area contributed by atoms with Gasteiger partial charge in [-0.3, -0.25) is 4.79 Å². The SMILES string of the molecule is COC(=O)CCOS(=O)[O-]. The maximum absolute atomic E-state index is 10.3. The molecule has 1 atom stereocenters. The molecule has 0 aliphatic carbocycles. The van der Waals surface area contributed by atoms with Gasteiger partial charge in [-0.15, -0.1) is 0 Å². The fraction of sp³-hybridized carbons (Fsp3) is 0.750. The Labute approximate surface area is 60.8 Å². The lowest BCUT2D eigenvalue weighted by molar-refractivity contribution is -0.141. The minimum Gasteiger partial charge on any atom is -0.750 e. The lowest BCUT2D eigenvalue weighted by Crippen LogP contribution is -2.06. The Morgan fingerprint density at radius 2 is 2.30 bits per heavy atom. The van der Waals surface area contributed by atoms with Crippen molar-refractivity contribution in [3.63, 3.8) is 0 Å². The average molecular weight is 167 g/mol. The quantitative estimate of drug-likeness (QED) is 0.411. The highest BCUT2D eigenvalue weighted by Gasteiger charge is 1.98.